The van der Waals surface area contributed by atoms with Gasteiger partial charge in [0, 0.05) is 22.5 Å². The van der Waals surface area contributed by atoms with Crippen molar-refractivity contribution in [3.05, 3.63) is 71.4 Å². The van der Waals surface area contributed by atoms with E-state index in [0.717, 1.165) is 32.5 Å². The largest absolute Gasteiger partial charge is 0.373 e. The van der Waals surface area contributed by atoms with Crippen LogP contribution in [-0.4, -0.2) is 24.7 Å². The van der Waals surface area contributed by atoms with Gasteiger partial charge in [0.15, 0.2) is 0 Å². The van der Waals surface area contributed by atoms with Gasteiger partial charge in [0.05, 0.1) is 12.7 Å². The van der Waals surface area contributed by atoms with E-state index in [1.165, 1.54) is 54.1 Å². The van der Waals surface area contributed by atoms with Crippen LogP contribution >= 0.6 is 0 Å². The molecule has 1 saturated heterocycles. The Kier molecular flexibility index (Phi) is 5.43. The van der Waals surface area contributed by atoms with Crippen molar-refractivity contribution >= 4 is 10.9 Å². The van der Waals surface area contributed by atoms with E-state index in [0.29, 0.717) is 0 Å². The second-order valence-electron chi connectivity index (χ2n) is 8.88. The fraction of sp³-hybridized carbons (Fsp3) is 0.462. The summed E-state index contributed by atoms with van der Waals surface area (Å²) in [6.45, 7) is 3.11. The summed E-state index contributed by atoms with van der Waals surface area (Å²) in [6, 6.07) is 17.7. The van der Waals surface area contributed by atoms with E-state index in [9.17, 15) is 0 Å². The number of benzene rings is 2. The van der Waals surface area contributed by atoms with Crippen molar-refractivity contribution < 1.29 is 4.74 Å². The van der Waals surface area contributed by atoms with Gasteiger partial charge in [-0.15, -0.1) is 0 Å². The van der Waals surface area contributed by atoms with E-state index in [1.807, 2.05) is 0 Å². The van der Waals surface area contributed by atoms with E-state index in [-0.39, 0.29) is 11.5 Å². The van der Waals surface area contributed by atoms with E-state index in [4.69, 9.17) is 4.74 Å². The van der Waals surface area contributed by atoms with Crippen molar-refractivity contribution in [3.8, 4) is 0 Å². The molecule has 2 N–H and O–H groups in total. The molecule has 1 unspecified atom stereocenters. The summed E-state index contributed by atoms with van der Waals surface area (Å²) < 4.78 is 6.48. The zero-order valence-electron chi connectivity index (χ0n) is 17.3. The normalized spacial score (nSPS) is 20.8. The molecule has 1 fully saturated rings. The van der Waals surface area contributed by atoms with Gasteiger partial charge in [-0.2, -0.15) is 0 Å². The third-order valence-corrected chi connectivity index (χ3v) is 7.09. The van der Waals surface area contributed by atoms with Crippen LogP contribution in [0.4, 0.5) is 0 Å². The molecule has 0 bridgehead atoms. The maximum absolute atomic E-state index is 6.48. The lowest BCUT2D eigenvalue weighted by molar-refractivity contribution is -0.0172. The van der Waals surface area contributed by atoms with E-state index in [2.05, 4.69) is 65.0 Å². The molecular formula is C26H32N2O. The molecule has 3 heteroatoms. The third-order valence-electron chi connectivity index (χ3n) is 7.09. The molecule has 0 radical (unpaired) electrons. The zero-order chi connectivity index (χ0) is 19.5. The minimum Gasteiger partial charge on any atom is -0.373 e. The molecule has 3 heterocycles. The maximum atomic E-state index is 6.48. The molecule has 1 spiro atoms. The van der Waals surface area contributed by atoms with Gasteiger partial charge < -0.3 is 15.0 Å². The van der Waals surface area contributed by atoms with Gasteiger partial charge in [-0.25, -0.2) is 0 Å². The molecular weight excluding hydrogens is 356 g/mol. The highest BCUT2D eigenvalue weighted by Gasteiger charge is 2.40. The first-order chi connectivity index (χ1) is 14.4. The first kappa shape index (κ1) is 18.9. The molecule has 0 amide bonds. The zero-order valence-corrected chi connectivity index (χ0v) is 17.3. The van der Waals surface area contributed by atoms with Gasteiger partial charge >= 0.3 is 0 Å². The molecule has 152 valence electrons. The Morgan fingerprint density at radius 2 is 1.76 bits per heavy atom. The fourth-order valence-electron chi connectivity index (χ4n) is 5.41. The number of aromatic nitrogens is 1. The number of para-hydroxylation sites is 1. The number of hydrogen-bond acceptors (Lipinski definition) is 2. The van der Waals surface area contributed by atoms with Crippen molar-refractivity contribution in [1.82, 2.24) is 10.3 Å². The summed E-state index contributed by atoms with van der Waals surface area (Å²) in [6.07, 6.45) is 10.9. The van der Waals surface area contributed by atoms with Crippen molar-refractivity contribution in [1.29, 1.82) is 0 Å². The average molecular weight is 389 g/mol. The van der Waals surface area contributed by atoms with Crippen LogP contribution < -0.4 is 5.32 Å². The first-order valence-electron chi connectivity index (χ1n) is 11.3. The summed E-state index contributed by atoms with van der Waals surface area (Å²) in [5, 5.41) is 4.89. The molecule has 3 aromatic rings. The van der Waals surface area contributed by atoms with Crippen LogP contribution in [0.15, 0.2) is 54.7 Å². The number of piperidine rings is 1. The van der Waals surface area contributed by atoms with Crippen LogP contribution in [-0.2, 0) is 16.6 Å². The summed E-state index contributed by atoms with van der Waals surface area (Å²) >= 11 is 0. The monoisotopic (exact) mass is 388 g/mol. The highest BCUT2D eigenvalue weighted by atomic mass is 16.5. The summed E-state index contributed by atoms with van der Waals surface area (Å²) in [4.78, 5) is 3.40. The number of aromatic amines is 1. The molecule has 5 rings (SSSR count). The minimum absolute atomic E-state index is 0.244. The quantitative estimate of drug-likeness (QED) is 0.534. The fourth-order valence-corrected chi connectivity index (χ4v) is 5.41. The number of unbranched alkanes of at least 4 members (excludes halogenated alkanes) is 2. The predicted molar refractivity (Wildman–Crippen MR) is 119 cm³/mol. The Bertz CT molecular complexity index is 954. The van der Waals surface area contributed by atoms with E-state index in [1.54, 1.807) is 5.56 Å². The maximum Gasteiger partial charge on any atom is 0.0828 e. The standard InChI is InChI=1S/C26H32N2O/c1(2-8-20-18-28-24-12-7-5-9-21(20)24)3-13-25-22-10-4-6-11-23(22)26(19-29-25)14-16-27-17-15-26/h4-7,9-12,18,25,27-28H,1-3,8,13-17,19H2. The van der Waals surface area contributed by atoms with Crippen LogP contribution in [0, 0.1) is 0 Å². The highest BCUT2D eigenvalue weighted by molar-refractivity contribution is 5.82. The van der Waals surface area contributed by atoms with E-state index < -0.39 is 0 Å². The SMILES string of the molecule is c1ccc2c(c1)C(CCCCCc1c[nH]c3ccccc13)OCC21CCNCC1. The lowest BCUT2D eigenvalue weighted by Crippen LogP contribution is -2.46. The van der Waals surface area contributed by atoms with Crippen molar-refractivity contribution in [2.45, 2.75) is 56.5 Å². The highest BCUT2D eigenvalue weighted by Crippen LogP contribution is 2.44. The van der Waals surface area contributed by atoms with Gasteiger partial charge in [0.25, 0.3) is 0 Å². The summed E-state index contributed by atoms with van der Waals surface area (Å²) in [5.74, 6) is 0. The van der Waals surface area contributed by atoms with Gasteiger partial charge in [-0.3, -0.25) is 0 Å². The lowest BCUT2D eigenvalue weighted by Gasteiger charge is -2.44. The van der Waals surface area contributed by atoms with Gasteiger partial charge in [0.1, 0.15) is 0 Å². The number of nitrogens with one attached hydrogen (secondary N) is 2. The summed E-state index contributed by atoms with van der Waals surface area (Å²) in [5.41, 5.74) is 5.97. The van der Waals surface area contributed by atoms with Gasteiger partial charge in [-0.05, 0) is 68.0 Å². The summed E-state index contributed by atoms with van der Waals surface area (Å²) in [7, 11) is 0. The predicted octanol–water partition coefficient (Wildman–Crippen LogP) is 5.66. The molecule has 29 heavy (non-hydrogen) atoms. The molecule has 3 nitrogen and oxygen atoms in total. The van der Waals surface area contributed by atoms with Crippen LogP contribution in [0.2, 0.25) is 0 Å². The Morgan fingerprint density at radius 3 is 2.69 bits per heavy atom. The number of hydrogen-bond donors (Lipinski definition) is 2. The third kappa shape index (κ3) is 3.74. The number of fused-ring (bicyclic) bond motifs is 3. The molecule has 1 aromatic heterocycles. The lowest BCUT2D eigenvalue weighted by atomic mass is 9.70. The first-order valence-corrected chi connectivity index (χ1v) is 11.3. The molecule has 1 atom stereocenters. The molecule has 0 saturated carbocycles. The number of H-pyrrole nitrogens is 1. The van der Waals surface area contributed by atoms with Crippen molar-refractivity contribution in [2.75, 3.05) is 19.7 Å². The molecule has 2 aliphatic rings. The molecule has 2 aromatic carbocycles. The second kappa shape index (κ2) is 8.33. The smallest absolute Gasteiger partial charge is 0.0828 e. The van der Waals surface area contributed by atoms with Gasteiger partial charge in [0.2, 0.25) is 0 Å². The van der Waals surface area contributed by atoms with Crippen molar-refractivity contribution in [3.63, 3.8) is 0 Å². The van der Waals surface area contributed by atoms with Gasteiger partial charge in [-0.1, -0.05) is 55.3 Å². The minimum atomic E-state index is 0.244. The Balaban J connectivity index is 1.17. The number of ether oxygens (including phenoxy) is 1. The van der Waals surface area contributed by atoms with Crippen LogP contribution in [0.25, 0.3) is 10.9 Å². The Hall–Kier alpha value is -2.10. The van der Waals surface area contributed by atoms with Crippen LogP contribution in [0.5, 0.6) is 0 Å². The topological polar surface area (TPSA) is 37.0 Å². The Morgan fingerprint density at radius 1 is 0.931 bits per heavy atom. The average Bonchev–Trinajstić information content (AvgIpc) is 3.19. The van der Waals surface area contributed by atoms with Crippen molar-refractivity contribution in [2.24, 2.45) is 0 Å². The molecule has 2 aliphatic heterocycles. The molecule has 0 aliphatic carbocycles. The number of aryl methyl sites for hydroxylation is 1. The second-order valence-corrected chi connectivity index (χ2v) is 8.88. The van der Waals surface area contributed by atoms with E-state index >= 15 is 0 Å². The van der Waals surface area contributed by atoms with Crippen LogP contribution in [0.1, 0.15) is 61.3 Å². The van der Waals surface area contributed by atoms with Crippen LogP contribution in [0.3, 0.4) is 0 Å². The number of rotatable bonds is 6. The Labute approximate surface area is 173 Å².